The summed E-state index contributed by atoms with van der Waals surface area (Å²) >= 11 is 0. The molecule has 1 spiro atoms. The Bertz CT molecular complexity index is 507. The fraction of sp³-hybridized carbons (Fsp3) is 0.600. The molecule has 0 N–H and O–H groups in total. The summed E-state index contributed by atoms with van der Waals surface area (Å²) in [6, 6.07) is 5.23. The molecule has 1 aromatic carbocycles. The second kappa shape index (κ2) is 4.51. The van der Waals surface area contributed by atoms with Crippen molar-refractivity contribution in [3.63, 3.8) is 0 Å². The standard InChI is InChI=1S/C15H20N2O2/c1-12-10-13(17(18)19)4-5-14(12)16-9-8-15(11-16)6-2-3-7-15/h4-5,10H,2-3,6-9,11H2,1H3. The molecule has 1 aliphatic heterocycles. The van der Waals surface area contributed by atoms with Gasteiger partial charge in [-0.25, -0.2) is 0 Å². The van der Waals surface area contributed by atoms with Crippen LogP contribution in [0.4, 0.5) is 11.4 Å². The third-order valence-corrected chi connectivity index (χ3v) is 4.83. The lowest BCUT2D eigenvalue weighted by Crippen LogP contribution is -2.25. The zero-order valence-electron chi connectivity index (χ0n) is 11.4. The predicted octanol–water partition coefficient (Wildman–Crippen LogP) is 3.67. The number of nitro benzene ring substituents is 1. The number of anilines is 1. The van der Waals surface area contributed by atoms with Gasteiger partial charge in [-0.1, -0.05) is 12.8 Å². The van der Waals surface area contributed by atoms with E-state index in [1.54, 1.807) is 12.1 Å². The van der Waals surface area contributed by atoms with E-state index < -0.39 is 0 Å². The van der Waals surface area contributed by atoms with E-state index >= 15 is 0 Å². The van der Waals surface area contributed by atoms with Crippen LogP contribution in [0.2, 0.25) is 0 Å². The Hall–Kier alpha value is -1.58. The van der Waals surface area contributed by atoms with Crippen LogP contribution in [-0.2, 0) is 0 Å². The molecular weight excluding hydrogens is 240 g/mol. The lowest BCUT2D eigenvalue weighted by Gasteiger charge is -2.25. The normalized spacial score (nSPS) is 21.2. The second-order valence-electron chi connectivity index (χ2n) is 6.11. The molecule has 1 aromatic rings. The number of rotatable bonds is 2. The van der Waals surface area contributed by atoms with Crippen molar-refractivity contribution in [2.75, 3.05) is 18.0 Å². The molecule has 1 saturated carbocycles. The smallest absolute Gasteiger partial charge is 0.269 e. The highest BCUT2D eigenvalue weighted by atomic mass is 16.6. The lowest BCUT2D eigenvalue weighted by atomic mass is 9.86. The van der Waals surface area contributed by atoms with E-state index in [-0.39, 0.29) is 10.6 Å². The SMILES string of the molecule is Cc1cc([N+](=O)[O-])ccc1N1CCC2(CCCC2)C1. The fourth-order valence-electron chi connectivity index (χ4n) is 3.78. The lowest BCUT2D eigenvalue weighted by molar-refractivity contribution is -0.384. The van der Waals surface area contributed by atoms with E-state index in [1.807, 2.05) is 13.0 Å². The number of hydrogen-bond donors (Lipinski definition) is 0. The first-order chi connectivity index (χ1) is 9.10. The van der Waals surface area contributed by atoms with Crippen LogP contribution in [0.3, 0.4) is 0 Å². The molecule has 1 heterocycles. The first-order valence-corrected chi connectivity index (χ1v) is 7.10. The van der Waals surface area contributed by atoms with Crippen molar-refractivity contribution < 1.29 is 4.92 Å². The Morgan fingerprint density at radius 2 is 2.00 bits per heavy atom. The van der Waals surface area contributed by atoms with E-state index in [1.165, 1.54) is 37.8 Å². The topological polar surface area (TPSA) is 46.4 Å². The molecule has 1 aliphatic carbocycles. The van der Waals surface area contributed by atoms with Gasteiger partial charge in [-0.05, 0) is 43.2 Å². The molecule has 2 aliphatic rings. The molecule has 0 atom stereocenters. The summed E-state index contributed by atoms with van der Waals surface area (Å²) in [6.07, 6.45) is 6.73. The zero-order valence-corrected chi connectivity index (χ0v) is 11.4. The highest BCUT2D eigenvalue weighted by Gasteiger charge is 2.40. The second-order valence-corrected chi connectivity index (χ2v) is 6.11. The van der Waals surface area contributed by atoms with E-state index in [0.29, 0.717) is 5.41 Å². The van der Waals surface area contributed by atoms with Gasteiger partial charge in [0.2, 0.25) is 0 Å². The summed E-state index contributed by atoms with van der Waals surface area (Å²) in [5, 5.41) is 10.8. The van der Waals surface area contributed by atoms with Crippen LogP contribution in [0.15, 0.2) is 18.2 Å². The van der Waals surface area contributed by atoms with Crippen LogP contribution in [-0.4, -0.2) is 18.0 Å². The van der Waals surface area contributed by atoms with Crippen molar-refractivity contribution in [2.24, 2.45) is 5.41 Å². The third-order valence-electron chi connectivity index (χ3n) is 4.83. The fourth-order valence-corrected chi connectivity index (χ4v) is 3.78. The highest BCUT2D eigenvalue weighted by molar-refractivity contribution is 5.58. The van der Waals surface area contributed by atoms with Crippen LogP contribution < -0.4 is 4.90 Å². The minimum Gasteiger partial charge on any atom is -0.371 e. The molecule has 1 saturated heterocycles. The number of non-ortho nitro benzene ring substituents is 1. The molecule has 3 rings (SSSR count). The van der Waals surface area contributed by atoms with Gasteiger partial charge < -0.3 is 4.90 Å². The first-order valence-electron chi connectivity index (χ1n) is 7.10. The van der Waals surface area contributed by atoms with Gasteiger partial charge in [0.1, 0.15) is 0 Å². The minimum absolute atomic E-state index is 0.191. The number of nitro groups is 1. The van der Waals surface area contributed by atoms with Crippen LogP contribution in [0.1, 0.15) is 37.7 Å². The van der Waals surface area contributed by atoms with Gasteiger partial charge in [0.15, 0.2) is 0 Å². The average Bonchev–Trinajstić information content (AvgIpc) is 3.00. The van der Waals surface area contributed by atoms with Crippen molar-refractivity contribution in [3.05, 3.63) is 33.9 Å². The van der Waals surface area contributed by atoms with Crippen molar-refractivity contribution in [1.82, 2.24) is 0 Å². The van der Waals surface area contributed by atoms with Crippen LogP contribution in [0.5, 0.6) is 0 Å². The summed E-state index contributed by atoms with van der Waals surface area (Å²) in [6.45, 7) is 4.20. The maximum absolute atomic E-state index is 10.8. The zero-order chi connectivity index (χ0) is 13.5. The quantitative estimate of drug-likeness (QED) is 0.602. The summed E-state index contributed by atoms with van der Waals surface area (Å²) < 4.78 is 0. The van der Waals surface area contributed by atoms with Crippen molar-refractivity contribution in [2.45, 2.75) is 39.0 Å². The molecule has 0 unspecified atom stereocenters. The summed E-state index contributed by atoms with van der Waals surface area (Å²) in [5.74, 6) is 0. The third kappa shape index (κ3) is 2.20. The molecule has 2 fully saturated rings. The van der Waals surface area contributed by atoms with Crippen LogP contribution in [0, 0.1) is 22.5 Å². The maximum atomic E-state index is 10.8. The minimum atomic E-state index is -0.320. The van der Waals surface area contributed by atoms with Gasteiger partial charge in [0, 0.05) is 30.9 Å². The molecular formula is C15H20N2O2. The Morgan fingerprint density at radius 3 is 2.63 bits per heavy atom. The molecule has 4 nitrogen and oxygen atoms in total. The molecule has 0 amide bonds. The molecule has 4 heteroatoms. The number of benzene rings is 1. The molecule has 19 heavy (non-hydrogen) atoms. The molecule has 102 valence electrons. The van der Waals surface area contributed by atoms with E-state index in [0.717, 1.165) is 18.7 Å². The number of aryl methyl sites for hydroxylation is 1. The Labute approximate surface area is 113 Å². The van der Waals surface area contributed by atoms with E-state index in [2.05, 4.69) is 4.90 Å². The summed E-state index contributed by atoms with van der Waals surface area (Å²) in [4.78, 5) is 12.9. The van der Waals surface area contributed by atoms with Crippen molar-refractivity contribution in [3.8, 4) is 0 Å². The molecule has 0 bridgehead atoms. The summed E-state index contributed by atoms with van der Waals surface area (Å²) in [5.41, 5.74) is 2.92. The van der Waals surface area contributed by atoms with Crippen LogP contribution >= 0.6 is 0 Å². The van der Waals surface area contributed by atoms with Gasteiger partial charge in [0.25, 0.3) is 5.69 Å². The first kappa shape index (κ1) is 12.5. The van der Waals surface area contributed by atoms with Gasteiger partial charge in [0.05, 0.1) is 4.92 Å². The molecule has 0 radical (unpaired) electrons. The van der Waals surface area contributed by atoms with Gasteiger partial charge >= 0.3 is 0 Å². The van der Waals surface area contributed by atoms with Gasteiger partial charge in [-0.15, -0.1) is 0 Å². The van der Waals surface area contributed by atoms with Crippen LogP contribution in [0.25, 0.3) is 0 Å². The van der Waals surface area contributed by atoms with Crippen molar-refractivity contribution in [1.29, 1.82) is 0 Å². The summed E-state index contributed by atoms with van der Waals surface area (Å²) in [7, 11) is 0. The van der Waals surface area contributed by atoms with Gasteiger partial charge in [-0.3, -0.25) is 10.1 Å². The number of hydrogen-bond acceptors (Lipinski definition) is 3. The van der Waals surface area contributed by atoms with Gasteiger partial charge in [-0.2, -0.15) is 0 Å². The highest BCUT2D eigenvalue weighted by Crippen LogP contribution is 2.46. The monoisotopic (exact) mass is 260 g/mol. The largest absolute Gasteiger partial charge is 0.371 e. The maximum Gasteiger partial charge on any atom is 0.269 e. The van der Waals surface area contributed by atoms with E-state index in [4.69, 9.17) is 0 Å². The van der Waals surface area contributed by atoms with Crippen molar-refractivity contribution >= 4 is 11.4 Å². The van der Waals surface area contributed by atoms with E-state index in [9.17, 15) is 10.1 Å². The molecule has 0 aromatic heterocycles. The average molecular weight is 260 g/mol. The number of nitrogens with zero attached hydrogens (tertiary/aromatic N) is 2. The Morgan fingerprint density at radius 1 is 1.26 bits per heavy atom. The predicted molar refractivity (Wildman–Crippen MR) is 75.6 cm³/mol. The Kier molecular flexibility index (Phi) is 2.96. The Balaban J connectivity index is 1.82.